The highest BCUT2D eigenvalue weighted by Crippen LogP contribution is 2.24. The smallest absolute Gasteiger partial charge is 0.256 e. The number of aliphatic hydroxyl groups is 1. The molecule has 1 aromatic heterocycles. The molecule has 0 bridgehead atoms. The first-order valence-corrected chi connectivity index (χ1v) is 8.45. The quantitative estimate of drug-likeness (QED) is 0.740. The van der Waals surface area contributed by atoms with Crippen molar-refractivity contribution in [3.63, 3.8) is 0 Å². The van der Waals surface area contributed by atoms with Crippen molar-refractivity contribution in [3.8, 4) is 0 Å². The molecule has 3 rings (SSSR count). The largest absolute Gasteiger partial charge is 0.379 e. The molecule has 7 heteroatoms. The maximum Gasteiger partial charge on any atom is 0.256 e. The average molecular weight is 346 g/mol. The molecule has 0 saturated carbocycles. The van der Waals surface area contributed by atoms with Crippen molar-refractivity contribution in [2.45, 2.75) is 38.5 Å². The normalized spacial score (nSPS) is 20.9. The van der Waals surface area contributed by atoms with E-state index in [2.05, 4.69) is 15.5 Å². The summed E-state index contributed by atoms with van der Waals surface area (Å²) in [6, 6.07) is 8.31. The van der Waals surface area contributed by atoms with Gasteiger partial charge in [0.25, 0.3) is 5.91 Å². The predicted molar refractivity (Wildman–Crippen MR) is 91.0 cm³/mol. The minimum atomic E-state index is -1.46. The van der Waals surface area contributed by atoms with E-state index in [0.717, 1.165) is 11.4 Å². The molecular weight excluding hydrogens is 323 g/mol. The number of halogens is 1. The second-order valence-corrected chi connectivity index (χ2v) is 6.60. The Bertz CT molecular complexity index is 748. The molecule has 0 unspecified atom stereocenters. The van der Waals surface area contributed by atoms with Crippen LogP contribution in [0.3, 0.4) is 0 Å². The van der Waals surface area contributed by atoms with Crippen LogP contribution in [-0.2, 0) is 17.9 Å². The average Bonchev–Trinajstić information content (AvgIpc) is 2.99. The number of hydrogen-bond donors (Lipinski definition) is 3. The number of carbonyl (C=O) groups excluding carboxylic acids is 1. The van der Waals surface area contributed by atoms with E-state index in [9.17, 15) is 14.3 Å². The van der Waals surface area contributed by atoms with Crippen LogP contribution in [0.2, 0.25) is 0 Å². The summed E-state index contributed by atoms with van der Waals surface area (Å²) in [6.07, 6.45) is 1.08. The van der Waals surface area contributed by atoms with Gasteiger partial charge in [-0.15, -0.1) is 0 Å². The van der Waals surface area contributed by atoms with Crippen molar-refractivity contribution in [1.82, 2.24) is 20.4 Å². The lowest BCUT2D eigenvalue weighted by molar-refractivity contribution is -0.157. The highest BCUT2D eigenvalue weighted by molar-refractivity contribution is 5.86. The molecule has 6 nitrogen and oxygen atoms in total. The van der Waals surface area contributed by atoms with E-state index in [1.54, 1.807) is 18.2 Å². The minimum Gasteiger partial charge on any atom is -0.379 e. The van der Waals surface area contributed by atoms with Crippen molar-refractivity contribution in [3.05, 3.63) is 53.1 Å². The molecular formula is C18H23FN4O2. The van der Waals surface area contributed by atoms with Gasteiger partial charge in [-0.25, -0.2) is 4.39 Å². The Morgan fingerprint density at radius 3 is 2.96 bits per heavy atom. The van der Waals surface area contributed by atoms with E-state index in [1.165, 1.54) is 11.0 Å². The topological polar surface area (TPSA) is 81.2 Å². The molecule has 134 valence electrons. The number of rotatable bonds is 6. The van der Waals surface area contributed by atoms with Gasteiger partial charge in [0.1, 0.15) is 5.82 Å². The number of nitrogens with zero attached hydrogens (tertiary/aromatic N) is 2. The first-order valence-electron chi connectivity index (χ1n) is 8.45. The number of hydrogen-bond acceptors (Lipinski definition) is 4. The highest BCUT2D eigenvalue weighted by atomic mass is 19.1. The summed E-state index contributed by atoms with van der Waals surface area (Å²) in [7, 11) is 0. The van der Waals surface area contributed by atoms with E-state index in [4.69, 9.17) is 0 Å². The van der Waals surface area contributed by atoms with Crippen LogP contribution in [0.4, 0.5) is 4.39 Å². The number of nitrogens with one attached hydrogen (secondary N) is 2. The van der Waals surface area contributed by atoms with Gasteiger partial charge in [-0.3, -0.25) is 9.89 Å². The molecule has 1 fully saturated rings. The van der Waals surface area contributed by atoms with Gasteiger partial charge >= 0.3 is 0 Å². The summed E-state index contributed by atoms with van der Waals surface area (Å²) < 4.78 is 13.8. The molecule has 1 amide bonds. The van der Waals surface area contributed by atoms with Gasteiger partial charge in [-0.1, -0.05) is 18.2 Å². The summed E-state index contributed by atoms with van der Waals surface area (Å²) >= 11 is 0. The highest BCUT2D eigenvalue weighted by Gasteiger charge is 2.41. The molecule has 1 atom stereocenters. The predicted octanol–water partition coefficient (Wildman–Crippen LogP) is 1.50. The summed E-state index contributed by atoms with van der Waals surface area (Å²) in [5, 5.41) is 20.8. The first-order chi connectivity index (χ1) is 12.0. The minimum absolute atomic E-state index is 0.144. The Balaban J connectivity index is 1.61. The molecule has 0 aliphatic carbocycles. The van der Waals surface area contributed by atoms with Gasteiger partial charge in [0, 0.05) is 37.4 Å². The zero-order chi connectivity index (χ0) is 17.9. The second kappa shape index (κ2) is 7.33. The fourth-order valence-corrected chi connectivity index (χ4v) is 3.17. The van der Waals surface area contributed by atoms with Crippen LogP contribution in [-0.4, -0.2) is 44.8 Å². The van der Waals surface area contributed by atoms with Gasteiger partial charge in [-0.05, 0) is 31.9 Å². The van der Waals surface area contributed by atoms with Crippen LogP contribution >= 0.6 is 0 Å². The van der Waals surface area contributed by atoms with Gasteiger partial charge in [-0.2, -0.15) is 5.10 Å². The van der Waals surface area contributed by atoms with Crippen LogP contribution in [0.1, 0.15) is 29.8 Å². The number of aryl methyl sites for hydroxylation is 1. The van der Waals surface area contributed by atoms with Crippen LogP contribution in [0.5, 0.6) is 0 Å². The molecule has 2 aromatic rings. The molecule has 25 heavy (non-hydrogen) atoms. The summed E-state index contributed by atoms with van der Waals surface area (Å²) in [6.45, 7) is 3.22. The molecule has 0 spiro atoms. The van der Waals surface area contributed by atoms with Crippen molar-refractivity contribution in [1.29, 1.82) is 0 Å². The number of likely N-dealkylation sites (tertiary alicyclic amines) is 1. The SMILES string of the molecule is Cc1cc(CNC[C@]2(O)CCCN(Cc3ccccc3F)C2=O)n[nH]1. The van der Waals surface area contributed by atoms with Crippen LogP contribution in [0, 0.1) is 12.7 Å². The van der Waals surface area contributed by atoms with Gasteiger partial charge in [0.2, 0.25) is 0 Å². The zero-order valence-electron chi connectivity index (χ0n) is 14.3. The Labute approximate surface area is 146 Å². The fourth-order valence-electron chi connectivity index (χ4n) is 3.17. The molecule has 1 saturated heterocycles. The standard InChI is InChI=1S/C18H23FN4O2/c1-13-9-15(22-21-13)10-20-12-18(25)7-4-8-23(17(18)24)11-14-5-2-3-6-16(14)19/h2-3,5-6,9,20,25H,4,7-8,10-12H2,1H3,(H,21,22)/t18-/m1/s1. The number of aromatic amines is 1. The Morgan fingerprint density at radius 1 is 1.44 bits per heavy atom. The summed E-state index contributed by atoms with van der Waals surface area (Å²) in [4.78, 5) is 14.2. The number of aromatic nitrogens is 2. The van der Waals surface area contributed by atoms with Crippen LogP contribution < -0.4 is 5.32 Å². The molecule has 1 aliphatic rings. The van der Waals surface area contributed by atoms with Crippen molar-refractivity contribution < 1.29 is 14.3 Å². The number of benzene rings is 1. The number of piperidine rings is 1. The maximum absolute atomic E-state index is 13.8. The van der Waals surface area contributed by atoms with Crippen LogP contribution in [0.15, 0.2) is 30.3 Å². The monoisotopic (exact) mass is 346 g/mol. The van der Waals surface area contributed by atoms with Gasteiger partial charge < -0.3 is 15.3 Å². The molecule has 3 N–H and O–H groups in total. The lowest BCUT2D eigenvalue weighted by Gasteiger charge is -2.38. The van der Waals surface area contributed by atoms with Crippen molar-refractivity contribution >= 4 is 5.91 Å². The number of amides is 1. The molecule has 2 heterocycles. The molecule has 1 aromatic carbocycles. The van der Waals surface area contributed by atoms with Crippen molar-refractivity contribution in [2.24, 2.45) is 0 Å². The van der Waals surface area contributed by atoms with Crippen LogP contribution in [0.25, 0.3) is 0 Å². The Morgan fingerprint density at radius 2 is 2.24 bits per heavy atom. The third-order valence-corrected chi connectivity index (χ3v) is 4.51. The van der Waals surface area contributed by atoms with E-state index >= 15 is 0 Å². The summed E-state index contributed by atoms with van der Waals surface area (Å²) in [5.41, 5.74) is 0.780. The lowest BCUT2D eigenvalue weighted by Crippen LogP contribution is -2.57. The van der Waals surface area contributed by atoms with E-state index in [1.807, 2.05) is 13.0 Å². The zero-order valence-corrected chi connectivity index (χ0v) is 14.3. The van der Waals surface area contributed by atoms with E-state index < -0.39 is 5.60 Å². The molecule has 0 radical (unpaired) electrons. The van der Waals surface area contributed by atoms with Gasteiger partial charge in [0.05, 0.1) is 5.69 Å². The number of H-pyrrole nitrogens is 1. The summed E-state index contributed by atoms with van der Waals surface area (Å²) in [5.74, 6) is -0.691. The Hall–Kier alpha value is -2.25. The fraction of sp³-hybridized carbons (Fsp3) is 0.444. The maximum atomic E-state index is 13.8. The van der Waals surface area contributed by atoms with E-state index in [0.29, 0.717) is 31.5 Å². The second-order valence-electron chi connectivity index (χ2n) is 6.60. The van der Waals surface area contributed by atoms with Gasteiger partial charge in [0.15, 0.2) is 5.60 Å². The molecule has 1 aliphatic heterocycles. The first kappa shape index (κ1) is 17.6. The lowest BCUT2D eigenvalue weighted by atomic mass is 9.91. The third-order valence-electron chi connectivity index (χ3n) is 4.51. The van der Waals surface area contributed by atoms with Crippen molar-refractivity contribution in [2.75, 3.05) is 13.1 Å². The third kappa shape index (κ3) is 4.05. The number of carbonyl (C=O) groups is 1. The van der Waals surface area contributed by atoms with E-state index in [-0.39, 0.29) is 24.8 Å². The Kier molecular flexibility index (Phi) is 5.15.